The smallest absolute Gasteiger partial charge is 0.360 e. The molecule has 0 radical (unpaired) electrons. The van der Waals surface area contributed by atoms with Gasteiger partial charge in [-0.1, -0.05) is 5.16 Å². The van der Waals surface area contributed by atoms with Gasteiger partial charge in [0.2, 0.25) is 11.8 Å². The SMILES string of the molecule is Cc1cc(NC(=O)C(C)SCC(=O)NC2CCN(c3ccc(C(F)(F)F)cn3)CC2)no1. The van der Waals surface area contributed by atoms with Gasteiger partial charge in [0.05, 0.1) is 16.6 Å². The van der Waals surface area contributed by atoms with Crippen molar-refractivity contribution in [1.29, 1.82) is 0 Å². The summed E-state index contributed by atoms with van der Waals surface area (Å²) in [7, 11) is 0. The van der Waals surface area contributed by atoms with E-state index in [0.717, 1.165) is 12.3 Å². The summed E-state index contributed by atoms with van der Waals surface area (Å²) in [6.07, 6.45) is -2.27. The average molecular weight is 472 g/mol. The number of piperidine rings is 1. The van der Waals surface area contributed by atoms with E-state index >= 15 is 0 Å². The molecule has 1 aliphatic rings. The highest BCUT2D eigenvalue weighted by atomic mass is 32.2. The van der Waals surface area contributed by atoms with Crippen molar-refractivity contribution in [3.8, 4) is 0 Å². The summed E-state index contributed by atoms with van der Waals surface area (Å²) in [6.45, 7) is 4.57. The summed E-state index contributed by atoms with van der Waals surface area (Å²) in [5.41, 5.74) is -0.778. The number of hydrogen-bond donors (Lipinski definition) is 2. The predicted octanol–water partition coefficient (Wildman–Crippen LogP) is 3.24. The van der Waals surface area contributed by atoms with Crippen molar-refractivity contribution in [1.82, 2.24) is 15.5 Å². The first-order valence-electron chi connectivity index (χ1n) is 10.0. The summed E-state index contributed by atoms with van der Waals surface area (Å²) in [4.78, 5) is 30.2. The van der Waals surface area contributed by atoms with Crippen LogP contribution in [0.2, 0.25) is 0 Å². The van der Waals surface area contributed by atoms with Crippen LogP contribution in [0.1, 0.15) is 31.1 Å². The van der Waals surface area contributed by atoms with Gasteiger partial charge in [-0.25, -0.2) is 4.98 Å². The molecule has 0 spiro atoms. The van der Waals surface area contributed by atoms with Gasteiger partial charge in [0.25, 0.3) is 0 Å². The van der Waals surface area contributed by atoms with Crippen LogP contribution >= 0.6 is 11.8 Å². The number of thioether (sulfide) groups is 1. The van der Waals surface area contributed by atoms with E-state index in [0.29, 0.717) is 43.3 Å². The lowest BCUT2D eigenvalue weighted by molar-refractivity contribution is -0.137. The number of halogens is 3. The van der Waals surface area contributed by atoms with E-state index in [1.54, 1.807) is 19.9 Å². The van der Waals surface area contributed by atoms with E-state index in [4.69, 9.17) is 4.52 Å². The number of pyridine rings is 1. The van der Waals surface area contributed by atoms with Crippen LogP contribution in [0.5, 0.6) is 0 Å². The number of rotatable bonds is 7. The quantitative estimate of drug-likeness (QED) is 0.639. The highest BCUT2D eigenvalue weighted by molar-refractivity contribution is 8.01. The van der Waals surface area contributed by atoms with Gasteiger partial charge in [-0.2, -0.15) is 13.2 Å². The third kappa shape index (κ3) is 6.62. The summed E-state index contributed by atoms with van der Waals surface area (Å²) < 4.78 is 42.9. The molecular weight excluding hydrogens is 447 g/mol. The molecule has 3 heterocycles. The molecule has 0 bridgehead atoms. The van der Waals surface area contributed by atoms with Gasteiger partial charge in [0.15, 0.2) is 5.82 Å². The number of aromatic nitrogens is 2. The molecule has 8 nitrogen and oxygen atoms in total. The van der Waals surface area contributed by atoms with Crippen molar-refractivity contribution in [2.24, 2.45) is 0 Å². The fourth-order valence-corrected chi connectivity index (χ4v) is 3.89. The Morgan fingerprint density at radius 1 is 1.31 bits per heavy atom. The lowest BCUT2D eigenvalue weighted by Gasteiger charge is -2.33. The first kappa shape index (κ1) is 23.9. The number of nitrogens with zero attached hydrogens (tertiary/aromatic N) is 3. The first-order chi connectivity index (χ1) is 15.1. The molecule has 32 heavy (non-hydrogen) atoms. The van der Waals surface area contributed by atoms with Gasteiger partial charge >= 0.3 is 6.18 Å². The maximum atomic E-state index is 12.7. The van der Waals surface area contributed by atoms with Crippen molar-refractivity contribution >= 4 is 35.2 Å². The summed E-state index contributed by atoms with van der Waals surface area (Å²) in [5.74, 6) is 1.10. The molecule has 2 aromatic rings. The number of amides is 2. The molecule has 0 aromatic carbocycles. The number of hydrogen-bond acceptors (Lipinski definition) is 7. The lowest BCUT2D eigenvalue weighted by Crippen LogP contribution is -2.45. The van der Waals surface area contributed by atoms with Crippen LogP contribution in [0.3, 0.4) is 0 Å². The van der Waals surface area contributed by atoms with Crippen LogP contribution in [0.25, 0.3) is 0 Å². The molecule has 1 aliphatic heterocycles. The Morgan fingerprint density at radius 2 is 2.03 bits per heavy atom. The van der Waals surface area contributed by atoms with Crippen LogP contribution in [0.4, 0.5) is 24.8 Å². The van der Waals surface area contributed by atoms with E-state index in [9.17, 15) is 22.8 Å². The zero-order valence-corrected chi connectivity index (χ0v) is 18.4. The van der Waals surface area contributed by atoms with Gasteiger partial charge < -0.3 is 20.1 Å². The molecule has 2 aromatic heterocycles. The van der Waals surface area contributed by atoms with Crippen LogP contribution in [0.15, 0.2) is 28.9 Å². The molecule has 0 saturated carbocycles. The Bertz CT molecular complexity index is 927. The highest BCUT2D eigenvalue weighted by Gasteiger charge is 2.31. The molecule has 12 heteroatoms. The standard InChI is InChI=1S/C20H24F3N5O3S/c1-12-9-16(27-31-12)26-19(30)13(2)32-11-18(29)25-15-5-7-28(8-6-15)17-4-3-14(10-24-17)20(21,22)23/h3-4,9-10,13,15H,5-8,11H2,1-2H3,(H,25,29)(H,26,27,30). The van der Waals surface area contributed by atoms with Gasteiger partial charge in [0, 0.05) is 31.4 Å². The van der Waals surface area contributed by atoms with Gasteiger partial charge in [-0.15, -0.1) is 11.8 Å². The van der Waals surface area contributed by atoms with Crippen molar-refractivity contribution in [3.05, 3.63) is 35.7 Å². The number of anilines is 2. The first-order valence-corrected chi connectivity index (χ1v) is 11.1. The zero-order chi connectivity index (χ0) is 23.3. The monoisotopic (exact) mass is 471 g/mol. The molecule has 1 unspecified atom stereocenters. The van der Waals surface area contributed by atoms with Gasteiger partial charge in [-0.05, 0) is 38.8 Å². The third-order valence-corrected chi connectivity index (χ3v) is 6.12. The maximum absolute atomic E-state index is 12.7. The van der Waals surface area contributed by atoms with Crippen LogP contribution < -0.4 is 15.5 Å². The van der Waals surface area contributed by atoms with Crippen LogP contribution in [0, 0.1) is 6.92 Å². The summed E-state index contributed by atoms with van der Waals surface area (Å²) >= 11 is 1.21. The van der Waals surface area contributed by atoms with E-state index < -0.39 is 17.0 Å². The second-order valence-corrected chi connectivity index (χ2v) is 8.83. The predicted molar refractivity (Wildman–Crippen MR) is 114 cm³/mol. The molecule has 1 saturated heterocycles. The molecule has 1 fully saturated rings. The Morgan fingerprint density at radius 3 is 2.59 bits per heavy atom. The molecule has 0 aliphatic carbocycles. The summed E-state index contributed by atoms with van der Waals surface area (Å²) in [5, 5.41) is 8.83. The number of nitrogens with one attached hydrogen (secondary N) is 2. The van der Waals surface area contributed by atoms with Crippen molar-refractivity contribution in [3.63, 3.8) is 0 Å². The third-order valence-electron chi connectivity index (χ3n) is 4.97. The normalized spacial score (nSPS) is 16.0. The van der Waals surface area contributed by atoms with Crippen molar-refractivity contribution in [2.45, 2.75) is 44.2 Å². The molecule has 2 N–H and O–H groups in total. The zero-order valence-electron chi connectivity index (χ0n) is 17.6. The highest BCUT2D eigenvalue weighted by Crippen LogP contribution is 2.29. The van der Waals surface area contributed by atoms with E-state index in [1.165, 1.54) is 17.8 Å². The Labute approximate surface area is 187 Å². The van der Waals surface area contributed by atoms with E-state index in [2.05, 4.69) is 20.8 Å². The number of carbonyl (C=O) groups is 2. The molecule has 2 amide bonds. The Kier molecular flexibility index (Phi) is 7.64. The number of aryl methyl sites for hydroxylation is 1. The fourth-order valence-electron chi connectivity index (χ4n) is 3.19. The topological polar surface area (TPSA) is 100 Å². The minimum atomic E-state index is -4.41. The van der Waals surface area contributed by atoms with Crippen LogP contribution in [-0.2, 0) is 15.8 Å². The maximum Gasteiger partial charge on any atom is 0.417 e. The molecule has 1 atom stereocenters. The average Bonchev–Trinajstić information content (AvgIpc) is 3.16. The van der Waals surface area contributed by atoms with Crippen molar-refractivity contribution < 1.29 is 27.3 Å². The molecule has 174 valence electrons. The second kappa shape index (κ2) is 10.2. The molecular formula is C20H24F3N5O3S. The number of carbonyl (C=O) groups excluding carboxylic acids is 2. The van der Waals surface area contributed by atoms with E-state index in [1.807, 2.05) is 4.90 Å². The second-order valence-electron chi connectivity index (χ2n) is 7.50. The Balaban J connectivity index is 1.38. The van der Waals surface area contributed by atoms with Crippen molar-refractivity contribution in [2.75, 3.05) is 29.1 Å². The van der Waals surface area contributed by atoms with Gasteiger partial charge in [-0.3, -0.25) is 9.59 Å². The molecule has 3 rings (SSSR count). The fraction of sp³-hybridized carbons (Fsp3) is 0.500. The van der Waals surface area contributed by atoms with Crippen LogP contribution in [-0.4, -0.2) is 52.1 Å². The Hall–Kier alpha value is -2.76. The lowest BCUT2D eigenvalue weighted by atomic mass is 10.0. The van der Waals surface area contributed by atoms with E-state index in [-0.39, 0.29) is 23.6 Å². The number of alkyl halides is 3. The van der Waals surface area contributed by atoms with Gasteiger partial charge in [0.1, 0.15) is 11.6 Å². The largest absolute Gasteiger partial charge is 0.417 e. The minimum absolute atomic E-state index is 0.0314. The minimum Gasteiger partial charge on any atom is -0.360 e. The summed E-state index contributed by atoms with van der Waals surface area (Å²) in [6, 6.07) is 3.96.